The Bertz CT molecular complexity index is 1550. The van der Waals surface area contributed by atoms with E-state index >= 15 is 0 Å². The Hall–Kier alpha value is -4.07. The second-order valence-electron chi connectivity index (χ2n) is 10.6. The van der Waals surface area contributed by atoms with Gasteiger partial charge in [0.1, 0.15) is 6.04 Å². The van der Waals surface area contributed by atoms with Crippen LogP contribution in [0.15, 0.2) is 59.5 Å². The summed E-state index contributed by atoms with van der Waals surface area (Å²) in [6.07, 6.45) is -2.61. The minimum Gasteiger partial charge on any atom is -0.478 e. The number of aliphatic hydroxyl groups is 3. The molecule has 0 saturated carbocycles. The number of nitrogens with zero attached hydrogens (tertiary/aromatic N) is 1. The second-order valence-corrected chi connectivity index (χ2v) is 11.0. The summed E-state index contributed by atoms with van der Waals surface area (Å²) in [4.78, 5) is 51.0. The molecule has 230 valence electrons. The van der Waals surface area contributed by atoms with Gasteiger partial charge in [-0.15, -0.1) is 0 Å². The lowest BCUT2D eigenvalue weighted by atomic mass is 9.96. The summed E-state index contributed by atoms with van der Waals surface area (Å²) in [6.45, 7) is 7.08. The molecule has 0 radical (unpaired) electrons. The van der Waals surface area contributed by atoms with Crippen molar-refractivity contribution in [3.8, 4) is 16.9 Å². The quantitative estimate of drug-likeness (QED) is 0.148. The lowest BCUT2D eigenvalue weighted by Gasteiger charge is -2.25. The Morgan fingerprint density at radius 3 is 2.21 bits per heavy atom. The molecule has 1 atom stereocenters. The molecular formula is C30H33ClN2O10. The average molecular weight is 617 g/mol. The van der Waals surface area contributed by atoms with Crippen LogP contribution in [0, 0.1) is 0 Å². The summed E-state index contributed by atoms with van der Waals surface area (Å²) in [7, 11) is 0. The molecule has 0 aliphatic heterocycles. The van der Waals surface area contributed by atoms with Crippen LogP contribution >= 0.6 is 11.6 Å². The number of carboxylic acid groups (broad SMARTS) is 1. The zero-order chi connectivity index (χ0) is 32.1. The summed E-state index contributed by atoms with van der Waals surface area (Å²) in [5, 5.41) is 41.0. The summed E-state index contributed by atoms with van der Waals surface area (Å²) in [6, 6.07) is 9.42. The predicted molar refractivity (Wildman–Crippen MR) is 157 cm³/mol. The third-order valence-electron chi connectivity index (χ3n) is 6.15. The van der Waals surface area contributed by atoms with Gasteiger partial charge in [0.25, 0.3) is 5.56 Å². The first-order valence-electron chi connectivity index (χ1n) is 13.2. The highest BCUT2D eigenvalue weighted by Gasteiger charge is 2.29. The van der Waals surface area contributed by atoms with Crippen LogP contribution in [0.25, 0.3) is 11.1 Å². The van der Waals surface area contributed by atoms with E-state index in [0.29, 0.717) is 0 Å². The van der Waals surface area contributed by atoms with E-state index in [2.05, 4.69) is 5.32 Å². The standard InChI is InChI=1S/C30H33ClN2O10/c1-5-24(34)20-11-8-18(31)14-21(20)22-15-26(35)33(16-25(22)43-30(39,40)41)23(12-13-42-29(2,3)4)27(36)32-19-9-6-17(7-10-19)28(37)38/h6-11,14-16,23,39-41H,5,12-13H2,1-4H3,(H,32,36)(H,37,38). The SMILES string of the molecule is CCC(=O)c1ccc(Cl)cc1-c1cc(=O)n(C(CCOC(C)(C)C)C(=O)Nc2ccc(C(=O)O)cc2)cc1OC(O)(O)O. The van der Waals surface area contributed by atoms with Crippen molar-refractivity contribution in [1.82, 2.24) is 4.57 Å². The minimum absolute atomic E-state index is 0.00385. The van der Waals surface area contributed by atoms with E-state index in [1.165, 1.54) is 42.5 Å². The number of amides is 1. The highest BCUT2D eigenvalue weighted by Crippen LogP contribution is 2.35. The third kappa shape index (κ3) is 9.21. The maximum atomic E-state index is 13.6. The van der Waals surface area contributed by atoms with Gasteiger partial charge in [0.05, 0.1) is 17.4 Å². The molecule has 0 aliphatic rings. The fourth-order valence-electron chi connectivity index (χ4n) is 4.18. The number of aromatic nitrogens is 1. The largest absolute Gasteiger partial charge is 0.478 e. The molecule has 3 aromatic rings. The molecule has 1 heterocycles. The Morgan fingerprint density at radius 1 is 1.00 bits per heavy atom. The van der Waals surface area contributed by atoms with Crippen LogP contribution in [-0.4, -0.2) is 61.0 Å². The number of rotatable bonds is 12. The topological polar surface area (TPSA) is 185 Å². The van der Waals surface area contributed by atoms with Crippen molar-refractivity contribution < 1.29 is 44.3 Å². The van der Waals surface area contributed by atoms with Crippen molar-refractivity contribution in [1.29, 1.82) is 0 Å². The predicted octanol–water partition coefficient (Wildman–Crippen LogP) is 3.81. The molecule has 43 heavy (non-hydrogen) atoms. The van der Waals surface area contributed by atoms with Crippen molar-refractivity contribution >= 4 is 34.9 Å². The Morgan fingerprint density at radius 2 is 1.65 bits per heavy atom. The Labute approximate surface area is 252 Å². The van der Waals surface area contributed by atoms with Gasteiger partial charge in [-0.1, -0.05) is 18.5 Å². The molecule has 5 N–H and O–H groups in total. The highest BCUT2D eigenvalue weighted by atomic mass is 35.5. The molecule has 0 bridgehead atoms. The van der Waals surface area contributed by atoms with E-state index in [-0.39, 0.29) is 58.2 Å². The number of pyridine rings is 1. The number of nitrogens with one attached hydrogen (secondary N) is 1. The van der Waals surface area contributed by atoms with Crippen LogP contribution in [0.2, 0.25) is 5.02 Å². The average Bonchev–Trinajstić information content (AvgIpc) is 2.90. The van der Waals surface area contributed by atoms with Gasteiger partial charge in [0.15, 0.2) is 11.5 Å². The number of aromatic carboxylic acids is 1. The monoisotopic (exact) mass is 616 g/mol. The van der Waals surface area contributed by atoms with Gasteiger partial charge >= 0.3 is 12.1 Å². The lowest BCUT2D eigenvalue weighted by molar-refractivity contribution is -0.419. The van der Waals surface area contributed by atoms with E-state index in [1.807, 2.05) is 20.8 Å². The van der Waals surface area contributed by atoms with E-state index in [4.69, 9.17) is 26.2 Å². The lowest BCUT2D eigenvalue weighted by Crippen LogP contribution is -2.37. The molecule has 0 saturated heterocycles. The van der Waals surface area contributed by atoms with Crippen LogP contribution in [-0.2, 0) is 9.53 Å². The molecule has 3 rings (SSSR count). The van der Waals surface area contributed by atoms with Crippen LogP contribution in [0.4, 0.5) is 5.69 Å². The number of hydrogen-bond donors (Lipinski definition) is 5. The Balaban J connectivity index is 2.16. The summed E-state index contributed by atoms with van der Waals surface area (Å²) >= 11 is 6.18. The van der Waals surface area contributed by atoms with Crippen molar-refractivity contribution in [2.24, 2.45) is 0 Å². The fourth-order valence-corrected chi connectivity index (χ4v) is 4.35. The van der Waals surface area contributed by atoms with Crippen molar-refractivity contribution in [3.05, 3.63) is 81.2 Å². The maximum Gasteiger partial charge on any atom is 0.453 e. The number of Topliss-reactive ketones (excluding diaryl/α,β-unsaturated/α-hetero) is 1. The summed E-state index contributed by atoms with van der Waals surface area (Å²) in [5.74, 6) is -2.60. The van der Waals surface area contributed by atoms with Gasteiger partial charge in [-0.05, 0) is 68.8 Å². The molecular weight excluding hydrogens is 584 g/mol. The fraction of sp³-hybridized carbons (Fsp3) is 0.333. The zero-order valence-corrected chi connectivity index (χ0v) is 24.7. The van der Waals surface area contributed by atoms with Crippen molar-refractivity contribution in [3.63, 3.8) is 0 Å². The minimum atomic E-state index is -3.69. The van der Waals surface area contributed by atoms with Gasteiger partial charge in [-0.3, -0.25) is 19.0 Å². The van der Waals surface area contributed by atoms with Crippen molar-refractivity contribution in [2.45, 2.75) is 58.3 Å². The summed E-state index contributed by atoms with van der Waals surface area (Å²) < 4.78 is 11.7. The molecule has 0 aliphatic carbocycles. The van der Waals surface area contributed by atoms with Crippen LogP contribution in [0.5, 0.6) is 5.75 Å². The first-order valence-corrected chi connectivity index (χ1v) is 13.6. The number of hydrogen-bond acceptors (Lipinski definition) is 9. The van der Waals surface area contributed by atoms with Crippen LogP contribution < -0.4 is 15.6 Å². The number of halogens is 1. The first kappa shape index (κ1) is 33.4. The van der Waals surface area contributed by atoms with Gasteiger partial charge in [-0.25, -0.2) is 4.79 Å². The number of carbonyl (C=O) groups is 3. The molecule has 1 unspecified atom stereocenters. The first-order chi connectivity index (χ1) is 20.0. The highest BCUT2D eigenvalue weighted by molar-refractivity contribution is 6.31. The summed E-state index contributed by atoms with van der Waals surface area (Å²) in [5.41, 5.74) is -0.881. The number of carboxylic acids is 1. The number of benzene rings is 2. The molecule has 0 fully saturated rings. The van der Waals surface area contributed by atoms with Crippen molar-refractivity contribution in [2.75, 3.05) is 11.9 Å². The van der Waals surface area contributed by atoms with Gasteiger partial charge in [0, 0.05) is 47.4 Å². The van der Waals surface area contributed by atoms with E-state index in [1.54, 1.807) is 6.92 Å². The molecule has 0 spiro atoms. The normalized spacial score (nSPS) is 12.5. The molecule has 1 aromatic heterocycles. The molecule has 2 aromatic carbocycles. The van der Waals surface area contributed by atoms with E-state index < -0.39 is 41.0 Å². The van der Waals surface area contributed by atoms with Gasteiger partial charge in [-0.2, -0.15) is 0 Å². The van der Waals surface area contributed by atoms with Gasteiger partial charge < -0.3 is 35.2 Å². The molecule has 1 amide bonds. The van der Waals surface area contributed by atoms with Crippen LogP contribution in [0.3, 0.4) is 0 Å². The van der Waals surface area contributed by atoms with Crippen LogP contribution in [0.1, 0.15) is 67.3 Å². The third-order valence-corrected chi connectivity index (χ3v) is 6.38. The number of anilines is 1. The Kier molecular flexibility index (Phi) is 10.5. The second kappa shape index (κ2) is 13.5. The number of ether oxygens (including phenoxy) is 2. The molecule has 12 nitrogen and oxygen atoms in total. The van der Waals surface area contributed by atoms with E-state index in [9.17, 15) is 34.5 Å². The molecule has 13 heteroatoms. The smallest absolute Gasteiger partial charge is 0.453 e. The van der Waals surface area contributed by atoms with Gasteiger partial charge in [0.2, 0.25) is 5.91 Å². The maximum absolute atomic E-state index is 13.6. The number of carbonyl (C=O) groups excluding carboxylic acids is 2. The zero-order valence-electron chi connectivity index (χ0n) is 24.0. The van der Waals surface area contributed by atoms with E-state index in [0.717, 1.165) is 16.8 Å². The number of ketones is 1.